The zero-order valence-electron chi connectivity index (χ0n) is 12.3. The largest absolute Gasteiger partial charge is 0.316 e. The fourth-order valence-corrected chi connectivity index (χ4v) is 4.01. The van der Waals surface area contributed by atoms with Crippen LogP contribution in [0.3, 0.4) is 0 Å². The Labute approximate surface area is 126 Å². The predicted octanol–water partition coefficient (Wildman–Crippen LogP) is 2.51. The first kappa shape index (κ1) is 14.5. The zero-order chi connectivity index (χ0) is 14.9. The van der Waals surface area contributed by atoms with Crippen LogP contribution in [0.4, 0.5) is 0 Å². The summed E-state index contributed by atoms with van der Waals surface area (Å²) in [6, 6.07) is 14.8. The smallest absolute Gasteiger partial charge is 0.147 e. The topological polar surface area (TPSA) is 46.2 Å². The quantitative estimate of drug-likeness (QED) is 0.944. The molecule has 1 fully saturated rings. The van der Waals surface area contributed by atoms with Crippen LogP contribution in [0, 0.1) is 0 Å². The molecule has 1 saturated heterocycles. The van der Waals surface area contributed by atoms with Gasteiger partial charge in [0.2, 0.25) is 0 Å². The maximum atomic E-state index is 11.6. The number of hydrogen-bond donors (Lipinski definition) is 1. The van der Waals surface area contributed by atoms with Crippen LogP contribution in [0.1, 0.15) is 18.4 Å². The second-order valence-corrected chi connectivity index (χ2v) is 8.41. The Kier molecular flexibility index (Phi) is 3.76. The Morgan fingerprint density at radius 2 is 1.90 bits per heavy atom. The molecule has 0 aliphatic carbocycles. The molecule has 2 aromatic rings. The van der Waals surface area contributed by atoms with E-state index in [0.29, 0.717) is 6.42 Å². The highest BCUT2D eigenvalue weighted by Gasteiger charge is 2.36. The first-order chi connectivity index (χ1) is 9.99. The minimum atomic E-state index is -2.93. The lowest BCUT2D eigenvalue weighted by Gasteiger charge is -2.29. The Balaban J connectivity index is 1.98. The van der Waals surface area contributed by atoms with E-state index in [9.17, 15) is 8.42 Å². The SMILES string of the molecule is CS(=O)(=O)CCC1(c2ccc3ccccc3c2)CCNC1. The van der Waals surface area contributed by atoms with Gasteiger partial charge in [-0.2, -0.15) is 0 Å². The molecule has 0 saturated carbocycles. The summed E-state index contributed by atoms with van der Waals surface area (Å²) in [6.45, 7) is 1.82. The molecule has 112 valence electrons. The Morgan fingerprint density at radius 3 is 2.57 bits per heavy atom. The molecule has 4 heteroatoms. The highest BCUT2D eigenvalue weighted by atomic mass is 32.2. The maximum absolute atomic E-state index is 11.6. The van der Waals surface area contributed by atoms with Crippen LogP contribution in [-0.4, -0.2) is 33.5 Å². The second kappa shape index (κ2) is 5.43. The van der Waals surface area contributed by atoms with Crippen LogP contribution in [0.15, 0.2) is 42.5 Å². The summed E-state index contributed by atoms with van der Waals surface area (Å²) in [5, 5.41) is 5.85. The summed E-state index contributed by atoms with van der Waals surface area (Å²) in [4.78, 5) is 0. The third kappa shape index (κ3) is 3.11. The van der Waals surface area contributed by atoms with Crippen molar-refractivity contribution < 1.29 is 8.42 Å². The maximum Gasteiger partial charge on any atom is 0.147 e. The van der Waals surface area contributed by atoms with Gasteiger partial charge in [0.1, 0.15) is 9.84 Å². The lowest BCUT2D eigenvalue weighted by Crippen LogP contribution is -2.31. The highest BCUT2D eigenvalue weighted by Crippen LogP contribution is 2.36. The van der Waals surface area contributed by atoms with Crippen LogP contribution in [0.25, 0.3) is 10.8 Å². The highest BCUT2D eigenvalue weighted by molar-refractivity contribution is 7.90. The molecule has 1 unspecified atom stereocenters. The predicted molar refractivity (Wildman–Crippen MR) is 87.4 cm³/mol. The van der Waals surface area contributed by atoms with Crippen molar-refractivity contribution in [3.05, 3.63) is 48.0 Å². The van der Waals surface area contributed by atoms with Gasteiger partial charge in [0.05, 0.1) is 5.75 Å². The molecule has 21 heavy (non-hydrogen) atoms. The molecule has 1 N–H and O–H groups in total. The Bertz CT molecular complexity index is 746. The van der Waals surface area contributed by atoms with Crippen LogP contribution < -0.4 is 5.32 Å². The molecule has 1 heterocycles. The third-order valence-electron chi connectivity index (χ3n) is 4.56. The van der Waals surface area contributed by atoms with Gasteiger partial charge in [-0.15, -0.1) is 0 Å². The number of hydrogen-bond acceptors (Lipinski definition) is 3. The van der Waals surface area contributed by atoms with Crippen molar-refractivity contribution in [2.24, 2.45) is 0 Å². The van der Waals surface area contributed by atoms with E-state index < -0.39 is 9.84 Å². The standard InChI is InChI=1S/C17H21NO2S/c1-21(19,20)11-9-17(8-10-18-13-17)16-7-6-14-4-2-3-5-15(14)12-16/h2-7,12,18H,8-11,13H2,1H3. The van der Waals surface area contributed by atoms with Crippen molar-refractivity contribution in [3.8, 4) is 0 Å². The van der Waals surface area contributed by atoms with Gasteiger partial charge in [-0.05, 0) is 35.7 Å². The summed E-state index contributed by atoms with van der Waals surface area (Å²) in [7, 11) is -2.93. The van der Waals surface area contributed by atoms with Gasteiger partial charge in [-0.25, -0.2) is 8.42 Å². The van der Waals surface area contributed by atoms with Crippen molar-refractivity contribution in [2.75, 3.05) is 25.1 Å². The fraction of sp³-hybridized carbons (Fsp3) is 0.412. The van der Waals surface area contributed by atoms with Gasteiger partial charge >= 0.3 is 0 Å². The van der Waals surface area contributed by atoms with E-state index in [1.54, 1.807) is 0 Å². The van der Waals surface area contributed by atoms with Crippen LogP contribution >= 0.6 is 0 Å². The van der Waals surface area contributed by atoms with Crippen LogP contribution in [0.5, 0.6) is 0 Å². The average Bonchev–Trinajstić information content (AvgIpc) is 2.94. The summed E-state index contributed by atoms with van der Waals surface area (Å²) >= 11 is 0. The minimum absolute atomic E-state index is 0.0485. The van der Waals surface area contributed by atoms with Crippen molar-refractivity contribution in [1.82, 2.24) is 5.32 Å². The molecule has 1 aliphatic rings. The molecule has 0 aromatic heterocycles. The monoisotopic (exact) mass is 303 g/mol. The molecule has 3 nitrogen and oxygen atoms in total. The van der Waals surface area contributed by atoms with Crippen LogP contribution in [0.2, 0.25) is 0 Å². The number of fused-ring (bicyclic) bond motifs is 1. The summed E-state index contributed by atoms with van der Waals surface area (Å²) in [5.41, 5.74) is 1.21. The Hall–Kier alpha value is -1.39. The normalized spacial score (nSPS) is 22.7. The summed E-state index contributed by atoms with van der Waals surface area (Å²) < 4.78 is 23.1. The second-order valence-electron chi connectivity index (χ2n) is 6.15. The number of benzene rings is 2. The lowest BCUT2D eigenvalue weighted by molar-refractivity contribution is 0.452. The van der Waals surface area contributed by atoms with E-state index in [1.165, 1.54) is 22.6 Å². The first-order valence-corrected chi connectivity index (χ1v) is 9.42. The van der Waals surface area contributed by atoms with E-state index >= 15 is 0 Å². The van der Waals surface area contributed by atoms with Crippen LogP contribution in [-0.2, 0) is 15.3 Å². The molecule has 0 bridgehead atoms. The molecule has 3 rings (SSSR count). The van der Waals surface area contributed by atoms with Crippen molar-refractivity contribution in [2.45, 2.75) is 18.3 Å². The van der Waals surface area contributed by atoms with Crippen molar-refractivity contribution >= 4 is 20.6 Å². The summed E-state index contributed by atoms with van der Waals surface area (Å²) in [6.07, 6.45) is 3.02. The van der Waals surface area contributed by atoms with Gasteiger partial charge in [0.25, 0.3) is 0 Å². The molecule has 0 radical (unpaired) electrons. The minimum Gasteiger partial charge on any atom is -0.316 e. The van der Waals surface area contributed by atoms with E-state index in [1.807, 2.05) is 12.1 Å². The van der Waals surface area contributed by atoms with Gasteiger partial charge in [0.15, 0.2) is 0 Å². The van der Waals surface area contributed by atoms with Crippen molar-refractivity contribution in [1.29, 1.82) is 0 Å². The Morgan fingerprint density at radius 1 is 1.14 bits per heavy atom. The number of rotatable bonds is 4. The molecular weight excluding hydrogens is 282 g/mol. The van der Waals surface area contributed by atoms with Gasteiger partial charge in [0, 0.05) is 18.2 Å². The summed E-state index contributed by atoms with van der Waals surface area (Å²) in [5.74, 6) is 0.251. The molecule has 0 amide bonds. The van der Waals surface area contributed by atoms with E-state index in [0.717, 1.165) is 19.5 Å². The molecule has 0 spiro atoms. The lowest BCUT2D eigenvalue weighted by atomic mass is 9.77. The molecule has 1 atom stereocenters. The van der Waals surface area contributed by atoms with Crippen molar-refractivity contribution in [3.63, 3.8) is 0 Å². The molecule has 1 aliphatic heterocycles. The zero-order valence-corrected chi connectivity index (χ0v) is 13.1. The van der Waals surface area contributed by atoms with E-state index in [-0.39, 0.29) is 11.2 Å². The number of sulfone groups is 1. The van der Waals surface area contributed by atoms with Gasteiger partial charge in [-0.3, -0.25) is 0 Å². The van der Waals surface area contributed by atoms with Gasteiger partial charge < -0.3 is 5.32 Å². The molecular formula is C17H21NO2S. The average molecular weight is 303 g/mol. The third-order valence-corrected chi connectivity index (χ3v) is 5.50. The van der Waals surface area contributed by atoms with E-state index in [2.05, 4.69) is 35.6 Å². The first-order valence-electron chi connectivity index (χ1n) is 7.36. The molecule has 2 aromatic carbocycles. The van der Waals surface area contributed by atoms with Gasteiger partial charge in [-0.1, -0.05) is 42.5 Å². The fourth-order valence-electron chi connectivity index (χ4n) is 3.25. The number of nitrogens with one attached hydrogen (secondary N) is 1. The van der Waals surface area contributed by atoms with E-state index in [4.69, 9.17) is 0 Å².